The number of rotatable bonds is 3. The lowest BCUT2D eigenvalue weighted by Crippen LogP contribution is -2.55. The molecule has 2 heterocycles. The van der Waals surface area contributed by atoms with E-state index >= 15 is 0 Å². The van der Waals surface area contributed by atoms with E-state index in [1.54, 1.807) is 0 Å². The maximum Gasteiger partial charge on any atom is 0.239 e. The molecular weight excluding hydrogens is 252 g/mol. The summed E-state index contributed by atoms with van der Waals surface area (Å²) in [6, 6.07) is 0.628. The molecule has 4 heteroatoms. The number of piperidine rings is 1. The number of amides is 1. The van der Waals surface area contributed by atoms with Crippen molar-refractivity contribution in [2.24, 2.45) is 5.92 Å². The summed E-state index contributed by atoms with van der Waals surface area (Å²) in [6.45, 7) is 1.61. The van der Waals surface area contributed by atoms with Crippen LogP contribution in [0.15, 0.2) is 0 Å². The smallest absolute Gasteiger partial charge is 0.239 e. The van der Waals surface area contributed by atoms with E-state index in [1.807, 2.05) is 11.9 Å². The van der Waals surface area contributed by atoms with Gasteiger partial charge in [-0.25, -0.2) is 0 Å². The molecule has 4 unspecified atom stereocenters. The average molecular weight is 280 g/mol. The van der Waals surface area contributed by atoms with Crippen LogP contribution in [0.2, 0.25) is 0 Å². The molecule has 4 atom stereocenters. The maximum absolute atomic E-state index is 12.6. The van der Waals surface area contributed by atoms with Crippen molar-refractivity contribution < 1.29 is 9.53 Å². The molecule has 4 nitrogen and oxygen atoms in total. The van der Waals surface area contributed by atoms with Crippen molar-refractivity contribution in [2.45, 2.75) is 69.6 Å². The Labute approximate surface area is 122 Å². The van der Waals surface area contributed by atoms with Crippen molar-refractivity contribution in [2.75, 3.05) is 20.2 Å². The van der Waals surface area contributed by atoms with Gasteiger partial charge < -0.3 is 15.0 Å². The molecule has 114 valence electrons. The minimum atomic E-state index is 0.0424. The predicted octanol–water partition coefficient (Wildman–Crippen LogP) is 1.93. The molecule has 0 spiro atoms. The Kier molecular flexibility index (Phi) is 4.61. The Hall–Kier alpha value is -0.610. The average Bonchev–Trinajstić information content (AvgIpc) is 2.99. The molecule has 2 aliphatic heterocycles. The van der Waals surface area contributed by atoms with E-state index in [9.17, 15) is 4.79 Å². The Morgan fingerprint density at radius 1 is 1.15 bits per heavy atom. The number of hydrogen-bond donors (Lipinski definition) is 1. The highest BCUT2D eigenvalue weighted by molar-refractivity contribution is 5.81. The summed E-state index contributed by atoms with van der Waals surface area (Å²) in [7, 11) is 1.93. The highest BCUT2D eigenvalue weighted by atomic mass is 16.5. The lowest BCUT2D eigenvalue weighted by molar-refractivity contribution is -0.135. The Morgan fingerprint density at radius 2 is 2.00 bits per heavy atom. The second kappa shape index (κ2) is 6.44. The Morgan fingerprint density at radius 3 is 2.80 bits per heavy atom. The van der Waals surface area contributed by atoms with E-state index in [1.165, 1.54) is 32.1 Å². The normalized spacial score (nSPS) is 37.5. The van der Waals surface area contributed by atoms with E-state index in [-0.39, 0.29) is 18.1 Å². The summed E-state index contributed by atoms with van der Waals surface area (Å²) in [5.41, 5.74) is 0. The molecule has 1 aliphatic carbocycles. The van der Waals surface area contributed by atoms with E-state index in [0.29, 0.717) is 6.04 Å². The van der Waals surface area contributed by atoms with Gasteiger partial charge >= 0.3 is 0 Å². The first-order valence-electron chi connectivity index (χ1n) is 8.36. The van der Waals surface area contributed by atoms with Crippen LogP contribution in [0.1, 0.15) is 51.4 Å². The third-order valence-corrected chi connectivity index (χ3v) is 5.33. The highest BCUT2D eigenvalue weighted by Crippen LogP contribution is 2.32. The second-order valence-corrected chi connectivity index (χ2v) is 6.80. The fourth-order valence-electron chi connectivity index (χ4n) is 4.14. The van der Waals surface area contributed by atoms with Crippen LogP contribution in [0.4, 0.5) is 0 Å². The number of likely N-dealkylation sites (N-methyl/N-ethyl adjacent to an activating group) is 1. The van der Waals surface area contributed by atoms with Gasteiger partial charge in [0.05, 0.1) is 12.1 Å². The maximum atomic E-state index is 12.6. The molecule has 1 saturated carbocycles. The molecule has 3 aliphatic rings. The fourth-order valence-corrected chi connectivity index (χ4v) is 4.14. The molecule has 0 aromatic carbocycles. The van der Waals surface area contributed by atoms with Gasteiger partial charge in [-0.2, -0.15) is 0 Å². The van der Waals surface area contributed by atoms with Crippen LogP contribution in [0.25, 0.3) is 0 Å². The standard InChI is InChI=1S/C16H28N2O2/c1-18(11-13-6-4-10-20-13)16(19)15-9-8-12-5-2-3-7-14(12)17-15/h12-15,17H,2-11H2,1H3. The number of carbonyl (C=O) groups excluding carboxylic acids is 1. The quantitative estimate of drug-likeness (QED) is 0.859. The van der Waals surface area contributed by atoms with Crippen LogP contribution in [-0.2, 0) is 9.53 Å². The number of nitrogens with one attached hydrogen (secondary N) is 1. The zero-order valence-corrected chi connectivity index (χ0v) is 12.6. The van der Waals surface area contributed by atoms with Gasteiger partial charge in [-0.05, 0) is 44.4 Å². The molecular formula is C16H28N2O2. The Bertz CT molecular complexity index is 341. The van der Waals surface area contributed by atoms with Gasteiger partial charge in [0.25, 0.3) is 0 Å². The molecule has 0 bridgehead atoms. The summed E-state index contributed by atoms with van der Waals surface area (Å²) in [4.78, 5) is 14.5. The van der Waals surface area contributed by atoms with Crippen molar-refractivity contribution in [3.63, 3.8) is 0 Å². The van der Waals surface area contributed by atoms with Gasteiger partial charge in [0.2, 0.25) is 5.91 Å². The SMILES string of the molecule is CN(CC1CCCO1)C(=O)C1CCC2CCCCC2N1. The summed E-state index contributed by atoms with van der Waals surface area (Å²) in [5.74, 6) is 1.08. The zero-order valence-electron chi connectivity index (χ0n) is 12.6. The Balaban J connectivity index is 1.51. The van der Waals surface area contributed by atoms with Gasteiger partial charge in [0, 0.05) is 26.2 Å². The first-order valence-corrected chi connectivity index (χ1v) is 8.36. The summed E-state index contributed by atoms with van der Waals surface area (Å²) in [6.07, 6.45) is 10.0. The molecule has 0 radical (unpaired) electrons. The van der Waals surface area contributed by atoms with Crippen molar-refractivity contribution in [1.29, 1.82) is 0 Å². The lowest BCUT2D eigenvalue weighted by atomic mass is 9.77. The van der Waals surface area contributed by atoms with Crippen LogP contribution in [0, 0.1) is 5.92 Å². The second-order valence-electron chi connectivity index (χ2n) is 6.80. The minimum absolute atomic E-state index is 0.0424. The molecule has 1 amide bonds. The minimum Gasteiger partial charge on any atom is -0.376 e. The molecule has 3 fully saturated rings. The van der Waals surface area contributed by atoms with Crippen molar-refractivity contribution >= 4 is 5.91 Å². The fraction of sp³-hybridized carbons (Fsp3) is 0.938. The molecule has 2 saturated heterocycles. The van der Waals surface area contributed by atoms with E-state index in [0.717, 1.165) is 38.3 Å². The third-order valence-electron chi connectivity index (χ3n) is 5.33. The molecule has 1 N–H and O–H groups in total. The van der Waals surface area contributed by atoms with Gasteiger partial charge in [-0.3, -0.25) is 4.79 Å². The first-order chi connectivity index (χ1) is 9.74. The number of fused-ring (bicyclic) bond motifs is 1. The number of nitrogens with zero attached hydrogens (tertiary/aromatic N) is 1. The van der Waals surface area contributed by atoms with Crippen LogP contribution < -0.4 is 5.32 Å². The van der Waals surface area contributed by atoms with Crippen LogP contribution in [-0.4, -0.2) is 49.2 Å². The molecule has 0 aromatic rings. The number of ether oxygens (including phenoxy) is 1. The predicted molar refractivity (Wildman–Crippen MR) is 78.5 cm³/mol. The lowest BCUT2D eigenvalue weighted by Gasteiger charge is -2.41. The van der Waals surface area contributed by atoms with E-state index in [2.05, 4.69) is 5.32 Å². The summed E-state index contributed by atoms with van der Waals surface area (Å²) >= 11 is 0. The van der Waals surface area contributed by atoms with Crippen LogP contribution >= 0.6 is 0 Å². The summed E-state index contributed by atoms with van der Waals surface area (Å²) in [5, 5.41) is 3.63. The van der Waals surface area contributed by atoms with Crippen LogP contribution in [0.5, 0.6) is 0 Å². The molecule has 3 rings (SSSR count). The highest BCUT2D eigenvalue weighted by Gasteiger charge is 2.35. The van der Waals surface area contributed by atoms with Crippen molar-refractivity contribution in [3.8, 4) is 0 Å². The zero-order chi connectivity index (χ0) is 13.9. The van der Waals surface area contributed by atoms with Crippen LogP contribution in [0.3, 0.4) is 0 Å². The van der Waals surface area contributed by atoms with Gasteiger partial charge in [0.1, 0.15) is 0 Å². The number of hydrogen-bond acceptors (Lipinski definition) is 3. The monoisotopic (exact) mass is 280 g/mol. The topological polar surface area (TPSA) is 41.6 Å². The van der Waals surface area contributed by atoms with Gasteiger partial charge in [-0.1, -0.05) is 12.8 Å². The van der Waals surface area contributed by atoms with E-state index < -0.39 is 0 Å². The molecule has 0 aromatic heterocycles. The number of carbonyl (C=O) groups is 1. The first kappa shape index (κ1) is 14.3. The third kappa shape index (κ3) is 3.17. The van der Waals surface area contributed by atoms with Crippen molar-refractivity contribution in [1.82, 2.24) is 10.2 Å². The van der Waals surface area contributed by atoms with E-state index in [4.69, 9.17) is 4.74 Å². The summed E-state index contributed by atoms with van der Waals surface area (Å²) < 4.78 is 5.63. The van der Waals surface area contributed by atoms with Gasteiger partial charge in [0.15, 0.2) is 0 Å². The van der Waals surface area contributed by atoms with Crippen molar-refractivity contribution in [3.05, 3.63) is 0 Å². The molecule has 20 heavy (non-hydrogen) atoms. The largest absolute Gasteiger partial charge is 0.376 e. The van der Waals surface area contributed by atoms with Gasteiger partial charge in [-0.15, -0.1) is 0 Å².